The van der Waals surface area contributed by atoms with Gasteiger partial charge in [-0.25, -0.2) is 9.78 Å². The van der Waals surface area contributed by atoms with Crippen LogP contribution in [0.1, 0.15) is 43.2 Å². The summed E-state index contributed by atoms with van der Waals surface area (Å²) in [6.07, 6.45) is 12.4. The lowest BCUT2D eigenvalue weighted by Crippen LogP contribution is -2.22. The molecule has 110 valence electrons. The van der Waals surface area contributed by atoms with E-state index >= 15 is 0 Å². The molecule has 21 heavy (non-hydrogen) atoms. The van der Waals surface area contributed by atoms with Crippen molar-refractivity contribution in [3.05, 3.63) is 42.0 Å². The van der Waals surface area contributed by atoms with Crippen molar-refractivity contribution in [1.29, 1.82) is 0 Å². The van der Waals surface area contributed by atoms with Gasteiger partial charge < -0.3 is 9.30 Å². The average Bonchev–Trinajstić information content (AvgIpc) is 2.97. The molecule has 0 radical (unpaired) electrons. The molecular formula is C17H20N2O2. The summed E-state index contributed by atoms with van der Waals surface area (Å²) in [5, 5.41) is 0. The number of imidazole rings is 1. The van der Waals surface area contributed by atoms with Gasteiger partial charge in [-0.2, -0.15) is 0 Å². The average molecular weight is 284 g/mol. The smallest absolute Gasteiger partial charge is 0.356 e. The highest BCUT2D eigenvalue weighted by Crippen LogP contribution is 2.77. The number of carbonyl (C=O) groups excluding carboxylic acids is 1. The highest BCUT2D eigenvalue weighted by Gasteiger charge is 2.69. The first-order chi connectivity index (χ1) is 10.0. The van der Waals surface area contributed by atoms with Crippen molar-refractivity contribution in [3.8, 4) is 0 Å². The third kappa shape index (κ3) is 1.45. The molecule has 4 heteroatoms. The number of hydrogen-bond donors (Lipinski definition) is 0. The van der Waals surface area contributed by atoms with Crippen molar-refractivity contribution in [2.24, 2.45) is 16.7 Å². The minimum Gasteiger partial charge on any atom is -0.464 e. The number of esters is 1. The second-order valence-corrected chi connectivity index (χ2v) is 7.07. The van der Waals surface area contributed by atoms with Crippen LogP contribution in [-0.2, 0) is 4.74 Å². The van der Waals surface area contributed by atoms with Gasteiger partial charge in [0.1, 0.15) is 5.69 Å². The molecule has 0 amide bonds. The number of nitrogens with zero attached hydrogens (tertiary/aromatic N) is 2. The van der Waals surface area contributed by atoms with Crippen LogP contribution in [0.3, 0.4) is 0 Å². The van der Waals surface area contributed by atoms with Gasteiger partial charge in [0.05, 0.1) is 25.7 Å². The fourth-order valence-electron chi connectivity index (χ4n) is 4.71. The van der Waals surface area contributed by atoms with Crippen molar-refractivity contribution >= 4 is 5.97 Å². The van der Waals surface area contributed by atoms with Crippen molar-refractivity contribution in [2.75, 3.05) is 7.11 Å². The van der Waals surface area contributed by atoms with E-state index < -0.39 is 0 Å². The van der Waals surface area contributed by atoms with Crippen LogP contribution in [-0.4, -0.2) is 22.6 Å². The number of allylic oxidation sites excluding steroid dienone is 4. The van der Waals surface area contributed by atoms with E-state index in [0.29, 0.717) is 17.0 Å². The molecule has 2 fully saturated rings. The lowest BCUT2D eigenvalue weighted by Gasteiger charge is -2.29. The molecule has 0 N–H and O–H groups in total. The van der Waals surface area contributed by atoms with Crippen LogP contribution in [0.25, 0.3) is 0 Å². The Morgan fingerprint density at radius 3 is 3.00 bits per heavy atom. The largest absolute Gasteiger partial charge is 0.464 e. The number of hydrogen-bond acceptors (Lipinski definition) is 3. The lowest BCUT2D eigenvalue weighted by molar-refractivity contribution is 0.0586. The fourth-order valence-corrected chi connectivity index (χ4v) is 4.71. The molecule has 3 aliphatic rings. The summed E-state index contributed by atoms with van der Waals surface area (Å²) in [6.45, 7) is 4.71. The molecule has 3 aliphatic carbocycles. The second-order valence-electron chi connectivity index (χ2n) is 7.07. The van der Waals surface area contributed by atoms with E-state index in [9.17, 15) is 4.79 Å². The first-order valence-electron chi connectivity index (χ1n) is 7.50. The van der Waals surface area contributed by atoms with Crippen LogP contribution < -0.4 is 0 Å². The molecule has 4 rings (SSSR count). The minimum absolute atomic E-state index is 0.214. The molecule has 1 aromatic rings. The standard InChI is InChI=1S/C17H20N2O2/c1-16(2)8-13(12-6-4-5-11-7-17(11,12)16)19-10-18-9-14(19)15(20)21-3/h4-6,9-11,13H,7-8H2,1-3H3. The Bertz CT molecular complexity index is 683. The van der Waals surface area contributed by atoms with Crippen LogP contribution in [0.15, 0.2) is 36.3 Å². The van der Waals surface area contributed by atoms with Crippen LogP contribution in [0.5, 0.6) is 0 Å². The summed E-state index contributed by atoms with van der Waals surface area (Å²) in [4.78, 5) is 16.1. The van der Waals surface area contributed by atoms with Crippen LogP contribution in [0, 0.1) is 16.7 Å². The van der Waals surface area contributed by atoms with Gasteiger partial charge in [0, 0.05) is 5.41 Å². The van der Waals surface area contributed by atoms with Gasteiger partial charge in [0.25, 0.3) is 0 Å². The first kappa shape index (κ1) is 12.9. The second kappa shape index (κ2) is 3.87. The van der Waals surface area contributed by atoms with Crippen molar-refractivity contribution in [1.82, 2.24) is 9.55 Å². The Morgan fingerprint density at radius 2 is 2.24 bits per heavy atom. The topological polar surface area (TPSA) is 44.1 Å². The zero-order chi connectivity index (χ0) is 14.8. The normalized spacial score (nSPS) is 34.9. The molecular weight excluding hydrogens is 264 g/mol. The molecule has 3 unspecified atom stereocenters. The predicted octanol–water partition coefficient (Wildman–Crippen LogP) is 3.14. The van der Waals surface area contributed by atoms with Crippen LogP contribution in [0.4, 0.5) is 0 Å². The summed E-state index contributed by atoms with van der Waals surface area (Å²) in [6, 6.07) is 0.214. The van der Waals surface area contributed by atoms with E-state index in [1.165, 1.54) is 19.1 Å². The highest BCUT2D eigenvalue weighted by atomic mass is 16.5. The lowest BCUT2D eigenvalue weighted by atomic mass is 9.74. The Hall–Kier alpha value is -1.84. The van der Waals surface area contributed by atoms with Gasteiger partial charge in [0.15, 0.2) is 0 Å². The number of carbonyl (C=O) groups is 1. The monoisotopic (exact) mass is 284 g/mol. The molecule has 2 saturated carbocycles. The Labute approximate surface area is 124 Å². The van der Waals surface area contributed by atoms with Crippen LogP contribution in [0.2, 0.25) is 0 Å². The molecule has 1 aromatic heterocycles. The minimum atomic E-state index is -0.314. The van der Waals surface area contributed by atoms with E-state index in [0.717, 1.165) is 6.42 Å². The van der Waals surface area contributed by atoms with Gasteiger partial charge in [-0.05, 0) is 29.7 Å². The summed E-state index contributed by atoms with van der Waals surface area (Å²) in [7, 11) is 1.42. The summed E-state index contributed by atoms with van der Waals surface area (Å²) in [5.74, 6) is 0.355. The fraction of sp³-hybridized carbons (Fsp3) is 0.529. The molecule has 0 saturated heterocycles. The Morgan fingerprint density at radius 1 is 1.43 bits per heavy atom. The van der Waals surface area contributed by atoms with Gasteiger partial charge in [-0.1, -0.05) is 32.1 Å². The number of rotatable bonds is 2. The number of ether oxygens (including phenoxy) is 1. The Kier molecular flexibility index (Phi) is 2.37. The quantitative estimate of drug-likeness (QED) is 0.784. The molecule has 0 bridgehead atoms. The van der Waals surface area contributed by atoms with Crippen molar-refractivity contribution in [3.63, 3.8) is 0 Å². The maximum atomic E-state index is 11.9. The van der Waals surface area contributed by atoms with Gasteiger partial charge in [-0.3, -0.25) is 0 Å². The number of aromatic nitrogens is 2. The van der Waals surface area contributed by atoms with Gasteiger partial charge in [0.2, 0.25) is 0 Å². The summed E-state index contributed by atoms with van der Waals surface area (Å²) >= 11 is 0. The van der Waals surface area contributed by atoms with Crippen molar-refractivity contribution in [2.45, 2.75) is 32.7 Å². The maximum Gasteiger partial charge on any atom is 0.356 e. The third-order valence-electron chi connectivity index (χ3n) is 5.82. The van der Waals surface area contributed by atoms with Gasteiger partial charge in [-0.15, -0.1) is 0 Å². The predicted molar refractivity (Wildman–Crippen MR) is 78.8 cm³/mol. The zero-order valence-corrected chi connectivity index (χ0v) is 12.7. The molecule has 1 heterocycles. The van der Waals surface area contributed by atoms with Crippen LogP contribution >= 0.6 is 0 Å². The molecule has 3 atom stereocenters. The number of methoxy groups -OCH3 is 1. The maximum absolute atomic E-state index is 11.9. The molecule has 0 aliphatic heterocycles. The van der Waals surface area contributed by atoms with E-state index in [2.05, 4.69) is 37.1 Å². The van der Waals surface area contributed by atoms with E-state index in [1.54, 1.807) is 12.5 Å². The van der Waals surface area contributed by atoms with E-state index in [1.807, 2.05) is 4.57 Å². The molecule has 4 nitrogen and oxygen atoms in total. The highest BCUT2D eigenvalue weighted by molar-refractivity contribution is 5.87. The summed E-state index contributed by atoms with van der Waals surface area (Å²) < 4.78 is 6.89. The zero-order valence-electron chi connectivity index (χ0n) is 12.7. The molecule has 0 aromatic carbocycles. The van der Waals surface area contributed by atoms with E-state index in [-0.39, 0.29) is 17.4 Å². The summed E-state index contributed by atoms with van der Waals surface area (Å²) in [5.41, 5.74) is 2.55. The third-order valence-corrected chi connectivity index (χ3v) is 5.82. The van der Waals surface area contributed by atoms with Gasteiger partial charge >= 0.3 is 5.97 Å². The SMILES string of the molecule is COC(=O)c1cncn1C1CC(C)(C)C23CC2C=CC=C13. The van der Waals surface area contributed by atoms with Crippen molar-refractivity contribution < 1.29 is 9.53 Å². The molecule has 1 spiro atoms. The first-order valence-corrected chi connectivity index (χ1v) is 7.50. The Balaban J connectivity index is 1.81. The van der Waals surface area contributed by atoms with E-state index in [4.69, 9.17) is 4.74 Å².